The molecule has 0 atom stereocenters. The van der Waals surface area contributed by atoms with Crippen LogP contribution in [0.4, 0.5) is 0 Å². The van der Waals surface area contributed by atoms with Gasteiger partial charge in [0.25, 0.3) is 0 Å². The minimum Gasteiger partial charge on any atom is -0.327 e. The van der Waals surface area contributed by atoms with E-state index in [2.05, 4.69) is 13.2 Å². The molecule has 0 rings (SSSR count). The lowest BCUT2D eigenvalue weighted by Crippen LogP contribution is -1.92. The summed E-state index contributed by atoms with van der Waals surface area (Å²) in [4.78, 5) is 0. The van der Waals surface area contributed by atoms with Crippen molar-refractivity contribution in [1.29, 1.82) is 0 Å². The maximum absolute atomic E-state index is 5.30. The first kappa shape index (κ1) is 9.92. The normalized spacial score (nSPS) is 12.9. The van der Waals surface area contributed by atoms with Gasteiger partial charge in [-0.15, -0.1) is 0 Å². The third-order valence-electron chi connectivity index (χ3n) is 1.41. The van der Waals surface area contributed by atoms with E-state index in [1.807, 2.05) is 19.1 Å². The van der Waals surface area contributed by atoms with Gasteiger partial charge in [0.05, 0.1) is 0 Å². The molecule has 0 saturated heterocycles. The number of hydrogen-bond donors (Lipinski definition) is 1. The molecule has 11 heavy (non-hydrogen) atoms. The fraction of sp³-hybridized carbons (Fsp3) is 0.200. The van der Waals surface area contributed by atoms with E-state index in [4.69, 9.17) is 5.73 Å². The molecule has 0 aliphatic heterocycles. The molecule has 0 heterocycles. The lowest BCUT2D eigenvalue weighted by Gasteiger charge is -1.96. The molecule has 0 radical (unpaired) electrons. The molecule has 0 bridgehead atoms. The summed E-state index contributed by atoms with van der Waals surface area (Å²) < 4.78 is 0. The predicted octanol–water partition coefficient (Wildman–Crippen LogP) is 2.19. The Balaban J connectivity index is 4.51. The van der Waals surface area contributed by atoms with E-state index in [9.17, 15) is 0 Å². The molecule has 0 aromatic heterocycles. The second kappa shape index (κ2) is 5.69. The SMILES string of the molecule is C=C/C(C)=C(C=C)/C=C\CN. The number of allylic oxidation sites excluding steroid dienone is 5. The van der Waals surface area contributed by atoms with Crippen LogP contribution in [0.5, 0.6) is 0 Å². The highest BCUT2D eigenvalue weighted by atomic mass is 14.5. The summed E-state index contributed by atoms with van der Waals surface area (Å²) in [5, 5.41) is 0. The Bertz CT molecular complexity index is 197. The van der Waals surface area contributed by atoms with Gasteiger partial charge in [-0.1, -0.05) is 37.5 Å². The topological polar surface area (TPSA) is 26.0 Å². The smallest absolute Gasteiger partial charge is 0.0110 e. The molecular weight excluding hydrogens is 134 g/mol. The van der Waals surface area contributed by atoms with Crippen molar-refractivity contribution in [1.82, 2.24) is 0 Å². The summed E-state index contributed by atoms with van der Waals surface area (Å²) in [5.74, 6) is 0. The summed E-state index contributed by atoms with van der Waals surface area (Å²) in [6, 6.07) is 0. The summed E-state index contributed by atoms with van der Waals surface area (Å²) in [5.41, 5.74) is 7.49. The van der Waals surface area contributed by atoms with Crippen molar-refractivity contribution in [2.75, 3.05) is 6.54 Å². The third kappa shape index (κ3) is 3.58. The first-order valence-corrected chi connectivity index (χ1v) is 3.58. The highest BCUT2D eigenvalue weighted by Gasteiger charge is 1.87. The molecule has 0 saturated carbocycles. The van der Waals surface area contributed by atoms with Crippen LogP contribution < -0.4 is 5.73 Å². The van der Waals surface area contributed by atoms with Gasteiger partial charge in [0.1, 0.15) is 0 Å². The molecule has 0 fully saturated rings. The largest absolute Gasteiger partial charge is 0.327 e. The van der Waals surface area contributed by atoms with E-state index in [-0.39, 0.29) is 0 Å². The number of nitrogens with two attached hydrogens (primary N) is 1. The van der Waals surface area contributed by atoms with E-state index >= 15 is 0 Å². The summed E-state index contributed by atoms with van der Waals surface area (Å²) in [6.45, 7) is 9.90. The van der Waals surface area contributed by atoms with Gasteiger partial charge in [-0.25, -0.2) is 0 Å². The highest BCUT2D eigenvalue weighted by molar-refractivity contribution is 5.38. The molecule has 0 aliphatic rings. The summed E-state index contributed by atoms with van der Waals surface area (Å²) in [7, 11) is 0. The zero-order valence-corrected chi connectivity index (χ0v) is 7.01. The molecule has 0 spiro atoms. The summed E-state index contributed by atoms with van der Waals surface area (Å²) in [6.07, 6.45) is 7.44. The number of hydrogen-bond acceptors (Lipinski definition) is 1. The quantitative estimate of drug-likeness (QED) is 0.609. The second-order valence-corrected chi connectivity index (χ2v) is 2.18. The Morgan fingerprint density at radius 2 is 2.00 bits per heavy atom. The molecule has 0 aliphatic carbocycles. The Morgan fingerprint density at radius 1 is 1.36 bits per heavy atom. The van der Waals surface area contributed by atoms with E-state index < -0.39 is 0 Å². The van der Waals surface area contributed by atoms with Crippen LogP contribution in [-0.2, 0) is 0 Å². The van der Waals surface area contributed by atoms with Gasteiger partial charge >= 0.3 is 0 Å². The molecule has 0 aromatic carbocycles. The van der Waals surface area contributed by atoms with Crippen molar-refractivity contribution >= 4 is 0 Å². The molecule has 1 heteroatoms. The Kier molecular flexibility index (Phi) is 5.13. The van der Waals surface area contributed by atoms with Gasteiger partial charge in [-0.3, -0.25) is 0 Å². The fourth-order valence-corrected chi connectivity index (χ4v) is 0.673. The molecule has 2 N–H and O–H groups in total. The molecule has 60 valence electrons. The maximum atomic E-state index is 5.30. The van der Waals surface area contributed by atoms with E-state index in [0.717, 1.165) is 11.1 Å². The van der Waals surface area contributed by atoms with E-state index in [0.29, 0.717) is 6.54 Å². The van der Waals surface area contributed by atoms with Crippen LogP contribution in [-0.4, -0.2) is 6.54 Å². The zero-order chi connectivity index (χ0) is 8.69. The first-order chi connectivity index (χ1) is 5.26. The molecule has 0 aromatic rings. The Labute approximate surface area is 68.6 Å². The van der Waals surface area contributed by atoms with Crippen molar-refractivity contribution in [2.24, 2.45) is 5.73 Å². The van der Waals surface area contributed by atoms with Crippen LogP contribution >= 0.6 is 0 Å². The first-order valence-electron chi connectivity index (χ1n) is 3.58. The molecule has 1 nitrogen and oxygen atoms in total. The Morgan fingerprint density at radius 3 is 2.36 bits per heavy atom. The fourth-order valence-electron chi connectivity index (χ4n) is 0.673. The standard InChI is InChI=1S/C10H15N/c1-4-9(3)10(5-2)7-6-8-11/h4-7H,1-2,8,11H2,3H3/b7-6-,10-9+. The van der Waals surface area contributed by atoms with Crippen LogP contribution in [0.1, 0.15) is 6.92 Å². The van der Waals surface area contributed by atoms with Gasteiger partial charge in [0, 0.05) is 6.54 Å². The van der Waals surface area contributed by atoms with Gasteiger partial charge in [0.15, 0.2) is 0 Å². The van der Waals surface area contributed by atoms with E-state index in [1.165, 1.54) is 0 Å². The lowest BCUT2D eigenvalue weighted by atomic mass is 10.1. The number of rotatable bonds is 4. The molecular formula is C10H15N. The van der Waals surface area contributed by atoms with E-state index in [1.54, 1.807) is 12.2 Å². The predicted molar refractivity (Wildman–Crippen MR) is 51.3 cm³/mol. The van der Waals surface area contributed by atoms with Gasteiger partial charge < -0.3 is 5.73 Å². The van der Waals surface area contributed by atoms with Gasteiger partial charge in [-0.2, -0.15) is 0 Å². The molecule has 0 amide bonds. The van der Waals surface area contributed by atoms with Crippen LogP contribution in [0.3, 0.4) is 0 Å². The van der Waals surface area contributed by atoms with Crippen molar-refractivity contribution in [3.63, 3.8) is 0 Å². The monoisotopic (exact) mass is 149 g/mol. The van der Waals surface area contributed by atoms with Crippen LogP contribution in [0.25, 0.3) is 0 Å². The van der Waals surface area contributed by atoms with Crippen molar-refractivity contribution in [2.45, 2.75) is 6.92 Å². The van der Waals surface area contributed by atoms with Crippen LogP contribution in [0.2, 0.25) is 0 Å². The minimum absolute atomic E-state index is 0.557. The highest BCUT2D eigenvalue weighted by Crippen LogP contribution is 2.06. The van der Waals surface area contributed by atoms with Gasteiger partial charge in [0.2, 0.25) is 0 Å². The van der Waals surface area contributed by atoms with Crippen LogP contribution in [0, 0.1) is 0 Å². The molecule has 0 unspecified atom stereocenters. The second-order valence-electron chi connectivity index (χ2n) is 2.18. The Hall–Kier alpha value is -1.08. The maximum Gasteiger partial charge on any atom is 0.0110 e. The van der Waals surface area contributed by atoms with Crippen LogP contribution in [0.15, 0.2) is 48.6 Å². The van der Waals surface area contributed by atoms with Crippen molar-refractivity contribution < 1.29 is 0 Å². The third-order valence-corrected chi connectivity index (χ3v) is 1.41. The van der Waals surface area contributed by atoms with Crippen molar-refractivity contribution in [3.8, 4) is 0 Å². The minimum atomic E-state index is 0.557. The zero-order valence-electron chi connectivity index (χ0n) is 7.01. The average molecular weight is 149 g/mol. The average Bonchev–Trinajstić information content (AvgIpc) is 2.05. The lowest BCUT2D eigenvalue weighted by molar-refractivity contribution is 1.25. The van der Waals surface area contributed by atoms with Crippen molar-refractivity contribution in [3.05, 3.63) is 48.6 Å². The summed E-state index contributed by atoms with van der Waals surface area (Å²) >= 11 is 0. The van der Waals surface area contributed by atoms with Gasteiger partial charge in [-0.05, 0) is 18.1 Å².